The second-order valence-corrected chi connectivity index (χ2v) is 8.97. The summed E-state index contributed by atoms with van der Waals surface area (Å²) in [6.07, 6.45) is 2.39. The largest absolute Gasteiger partial charge is 0.490 e. The molecule has 1 fully saturated rings. The van der Waals surface area contributed by atoms with Gasteiger partial charge in [0, 0.05) is 16.1 Å². The molecule has 2 amide bonds. The van der Waals surface area contributed by atoms with E-state index in [1.807, 2.05) is 39.0 Å². The van der Waals surface area contributed by atoms with Crippen LogP contribution >= 0.6 is 27.7 Å². The number of thioether (sulfide) groups is 1. The second kappa shape index (κ2) is 10.7. The number of carbonyl (C=O) groups excluding carboxylic acids is 2. The van der Waals surface area contributed by atoms with Crippen LogP contribution in [0.4, 0.5) is 4.79 Å². The summed E-state index contributed by atoms with van der Waals surface area (Å²) in [6.45, 7) is 6.31. The lowest BCUT2D eigenvalue weighted by Crippen LogP contribution is -2.36. The van der Waals surface area contributed by atoms with Crippen molar-refractivity contribution in [3.63, 3.8) is 0 Å². The molecule has 1 aliphatic heterocycles. The molecule has 0 spiro atoms. The predicted octanol–water partition coefficient (Wildman–Crippen LogP) is 6.13. The van der Waals surface area contributed by atoms with Gasteiger partial charge in [-0.05, 0) is 61.9 Å². The maximum atomic E-state index is 12.7. The molecule has 0 N–H and O–H groups in total. The average Bonchev–Trinajstić information content (AvgIpc) is 3.07. The van der Waals surface area contributed by atoms with Gasteiger partial charge in [-0.2, -0.15) is 5.26 Å². The second-order valence-electron chi connectivity index (χ2n) is 7.12. The number of hydrogen-bond acceptors (Lipinski definition) is 6. The Morgan fingerprint density at radius 1 is 1.19 bits per heavy atom. The molecule has 2 aromatic rings. The molecular formula is C24H23BrN2O4S. The highest BCUT2D eigenvalue weighted by molar-refractivity contribution is 9.10. The number of imide groups is 1. The Morgan fingerprint density at radius 3 is 2.59 bits per heavy atom. The average molecular weight is 515 g/mol. The third kappa shape index (κ3) is 5.17. The molecule has 0 saturated carbocycles. The van der Waals surface area contributed by atoms with Crippen LogP contribution in [0.3, 0.4) is 0 Å². The number of ether oxygens (including phenoxy) is 2. The Kier molecular flexibility index (Phi) is 7.99. The fourth-order valence-electron chi connectivity index (χ4n) is 3.14. The number of benzene rings is 2. The molecular weight excluding hydrogens is 492 g/mol. The summed E-state index contributed by atoms with van der Waals surface area (Å²) in [5, 5.41) is 9.02. The quantitative estimate of drug-likeness (QED) is 0.394. The van der Waals surface area contributed by atoms with E-state index in [1.54, 1.807) is 24.3 Å². The summed E-state index contributed by atoms with van der Waals surface area (Å²) in [7, 11) is 0. The molecule has 0 aromatic heterocycles. The Morgan fingerprint density at radius 2 is 1.91 bits per heavy atom. The third-order valence-electron chi connectivity index (χ3n) is 5.03. The topological polar surface area (TPSA) is 79.6 Å². The van der Waals surface area contributed by atoms with Gasteiger partial charge in [-0.1, -0.05) is 41.1 Å². The summed E-state index contributed by atoms with van der Waals surface area (Å²) in [4.78, 5) is 26.7. The first-order valence-corrected chi connectivity index (χ1v) is 11.8. The van der Waals surface area contributed by atoms with Crippen LogP contribution in [0.1, 0.15) is 43.9 Å². The van der Waals surface area contributed by atoms with Gasteiger partial charge in [-0.3, -0.25) is 14.5 Å². The first-order chi connectivity index (χ1) is 15.4. The first kappa shape index (κ1) is 23.9. The fraction of sp³-hybridized carbons (Fsp3) is 0.292. The SMILES string of the molecule is CCOc1cc(/C=C2/SC(=O)N([C@H](C)CC)C2=O)c(Br)cc1OCc1ccccc1C#N. The fourth-order valence-corrected chi connectivity index (χ4v) is 4.49. The van der Waals surface area contributed by atoms with E-state index >= 15 is 0 Å². The number of rotatable bonds is 8. The van der Waals surface area contributed by atoms with Crippen LogP contribution < -0.4 is 9.47 Å². The molecule has 0 radical (unpaired) electrons. The Bertz CT molecular complexity index is 1110. The van der Waals surface area contributed by atoms with Gasteiger partial charge in [-0.15, -0.1) is 0 Å². The maximum absolute atomic E-state index is 12.7. The van der Waals surface area contributed by atoms with E-state index < -0.39 is 0 Å². The number of nitrogens with zero attached hydrogens (tertiary/aromatic N) is 2. The van der Waals surface area contributed by atoms with Crippen LogP contribution in [-0.4, -0.2) is 28.7 Å². The lowest BCUT2D eigenvalue weighted by atomic mass is 10.1. The number of amides is 2. The van der Waals surface area contributed by atoms with E-state index in [0.29, 0.717) is 45.0 Å². The van der Waals surface area contributed by atoms with Crippen molar-refractivity contribution in [3.8, 4) is 17.6 Å². The minimum Gasteiger partial charge on any atom is -0.490 e. The van der Waals surface area contributed by atoms with E-state index in [4.69, 9.17) is 9.47 Å². The van der Waals surface area contributed by atoms with Gasteiger partial charge in [-0.25, -0.2) is 0 Å². The molecule has 3 rings (SSSR count). The molecule has 6 nitrogen and oxygen atoms in total. The van der Waals surface area contributed by atoms with Crippen molar-refractivity contribution in [2.75, 3.05) is 6.61 Å². The van der Waals surface area contributed by atoms with Crippen molar-refractivity contribution >= 4 is 44.9 Å². The van der Waals surface area contributed by atoms with E-state index in [-0.39, 0.29) is 23.8 Å². The summed E-state index contributed by atoms with van der Waals surface area (Å²) in [6, 6.07) is 12.8. The molecule has 1 atom stereocenters. The van der Waals surface area contributed by atoms with Crippen LogP contribution in [0.2, 0.25) is 0 Å². The first-order valence-electron chi connectivity index (χ1n) is 10.2. The highest BCUT2D eigenvalue weighted by Crippen LogP contribution is 2.39. The van der Waals surface area contributed by atoms with Crippen LogP contribution in [-0.2, 0) is 11.4 Å². The van der Waals surface area contributed by atoms with Gasteiger partial charge in [0.1, 0.15) is 6.61 Å². The Balaban J connectivity index is 1.89. The lowest BCUT2D eigenvalue weighted by Gasteiger charge is -2.19. The summed E-state index contributed by atoms with van der Waals surface area (Å²) >= 11 is 4.47. The van der Waals surface area contributed by atoms with Crippen LogP contribution in [0.5, 0.6) is 11.5 Å². The van der Waals surface area contributed by atoms with Crippen LogP contribution in [0.25, 0.3) is 6.08 Å². The van der Waals surface area contributed by atoms with Gasteiger partial charge >= 0.3 is 0 Å². The smallest absolute Gasteiger partial charge is 0.293 e. The zero-order valence-electron chi connectivity index (χ0n) is 18.1. The minimum absolute atomic E-state index is 0.150. The normalized spacial score (nSPS) is 15.7. The van der Waals surface area contributed by atoms with Gasteiger partial charge < -0.3 is 9.47 Å². The van der Waals surface area contributed by atoms with Crippen molar-refractivity contribution in [1.29, 1.82) is 5.26 Å². The van der Waals surface area contributed by atoms with Crippen LogP contribution in [0.15, 0.2) is 45.8 Å². The molecule has 1 heterocycles. The molecule has 0 unspecified atom stereocenters. The predicted molar refractivity (Wildman–Crippen MR) is 128 cm³/mol. The molecule has 1 aliphatic rings. The zero-order chi connectivity index (χ0) is 23.3. The van der Waals surface area contributed by atoms with Crippen LogP contribution in [0, 0.1) is 11.3 Å². The van der Waals surface area contributed by atoms with Gasteiger partial charge in [0.2, 0.25) is 0 Å². The summed E-state index contributed by atoms with van der Waals surface area (Å²) in [5.74, 6) is 0.738. The highest BCUT2D eigenvalue weighted by Gasteiger charge is 2.37. The van der Waals surface area contributed by atoms with Crippen molar-refractivity contribution in [1.82, 2.24) is 4.90 Å². The van der Waals surface area contributed by atoms with E-state index in [0.717, 1.165) is 17.3 Å². The molecule has 166 valence electrons. The molecule has 0 aliphatic carbocycles. The lowest BCUT2D eigenvalue weighted by molar-refractivity contribution is -0.124. The van der Waals surface area contributed by atoms with Gasteiger partial charge in [0.05, 0.1) is 23.1 Å². The zero-order valence-corrected chi connectivity index (χ0v) is 20.5. The molecule has 2 aromatic carbocycles. The summed E-state index contributed by atoms with van der Waals surface area (Å²) in [5.41, 5.74) is 2.03. The van der Waals surface area contributed by atoms with Gasteiger partial charge in [0.25, 0.3) is 11.1 Å². The summed E-state index contributed by atoms with van der Waals surface area (Å²) < 4.78 is 12.4. The van der Waals surface area contributed by atoms with E-state index in [1.165, 1.54) is 4.90 Å². The number of hydrogen-bond donors (Lipinski definition) is 0. The number of nitriles is 1. The van der Waals surface area contributed by atoms with Crippen molar-refractivity contribution < 1.29 is 19.1 Å². The van der Waals surface area contributed by atoms with Crippen molar-refractivity contribution in [2.45, 2.75) is 39.8 Å². The number of halogens is 1. The van der Waals surface area contributed by atoms with E-state index in [2.05, 4.69) is 22.0 Å². The monoisotopic (exact) mass is 514 g/mol. The Labute approximate surface area is 200 Å². The highest BCUT2D eigenvalue weighted by atomic mass is 79.9. The molecule has 1 saturated heterocycles. The standard InChI is InChI=1S/C24H23BrN2O4S/c1-4-15(3)27-23(28)22(32-24(27)29)11-18-10-20(30-5-2)21(12-19(18)25)31-14-17-9-7-6-8-16(17)13-26/h6-12,15H,4-5,14H2,1-3H3/b22-11+/t15-/m1/s1. The molecule has 8 heteroatoms. The Hall–Kier alpha value is -2.76. The maximum Gasteiger partial charge on any atom is 0.293 e. The van der Waals surface area contributed by atoms with Gasteiger partial charge in [0.15, 0.2) is 11.5 Å². The molecule has 0 bridgehead atoms. The van der Waals surface area contributed by atoms with Crippen molar-refractivity contribution in [2.24, 2.45) is 0 Å². The van der Waals surface area contributed by atoms with Crippen molar-refractivity contribution in [3.05, 3.63) is 62.5 Å². The number of carbonyl (C=O) groups is 2. The minimum atomic E-state index is -0.285. The third-order valence-corrected chi connectivity index (χ3v) is 6.60. The van der Waals surface area contributed by atoms with E-state index in [9.17, 15) is 14.9 Å². The molecule has 32 heavy (non-hydrogen) atoms.